The molecule has 22 heavy (non-hydrogen) atoms. The van der Waals surface area contributed by atoms with E-state index in [1.54, 1.807) is 19.2 Å². The smallest absolute Gasteiger partial charge is 0.251 e. The standard InChI is InChI=1S/C17H14Cl2N2O/c1-20-17(22)11-4-2-3-10(5-11)6-13-7-12-8-14(18)15(19)9-16(12)21-13/h2-5,8-9H,6-7H2,1H3,(H,20,22). The first-order chi connectivity index (χ1) is 10.6. The van der Waals surface area contributed by atoms with Gasteiger partial charge in [-0.2, -0.15) is 0 Å². The molecule has 0 bridgehead atoms. The van der Waals surface area contributed by atoms with E-state index < -0.39 is 0 Å². The Morgan fingerprint density at radius 3 is 2.77 bits per heavy atom. The highest BCUT2D eigenvalue weighted by Crippen LogP contribution is 2.35. The van der Waals surface area contributed by atoms with Crippen LogP contribution in [0.25, 0.3) is 0 Å². The molecule has 1 N–H and O–H groups in total. The molecule has 0 atom stereocenters. The topological polar surface area (TPSA) is 41.5 Å². The molecule has 0 aromatic heterocycles. The molecule has 2 aromatic rings. The van der Waals surface area contributed by atoms with Crippen LogP contribution in [-0.4, -0.2) is 18.7 Å². The first-order valence-corrected chi connectivity index (χ1v) is 7.68. The number of amides is 1. The van der Waals surface area contributed by atoms with Crippen LogP contribution in [0.2, 0.25) is 10.0 Å². The van der Waals surface area contributed by atoms with E-state index in [0.29, 0.717) is 22.0 Å². The Bertz CT molecular complexity index is 784. The number of fused-ring (bicyclic) bond motifs is 1. The normalized spacial score (nSPS) is 12.8. The summed E-state index contributed by atoms with van der Waals surface area (Å²) >= 11 is 12.1. The van der Waals surface area contributed by atoms with E-state index in [4.69, 9.17) is 23.2 Å². The summed E-state index contributed by atoms with van der Waals surface area (Å²) in [6.07, 6.45) is 1.46. The number of halogens is 2. The van der Waals surface area contributed by atoms with Gasteiger partial charge in [-0.15, -0.1) is 0 Å². The Labute approximate surface area is 139 Å². The Morgan fingerprint density at radius 2 is 2.00 bits per heavy atom. The Kier molecular flexibility index (Phi) is 4.19. The summed E-state index contributed by atoms with van der Waals surface area (Å²) < 4.78 is 0. The summed E-state index contributed by atoms with van der Waals surface area (Å²) in [5.74, 6) is -0.0861. The van der Waals surface area contributed by atoms with Gasteiger partial charge in [0.2, 0.25) is 0 Å². The third kappa shape index (κ3) is 3.01. The van der Waals surface area contributed by atoms with Crippen LogP contribution < -0.4 is 5.32 Å². The summed E-state index contributed by atoms with van der Waals surface area (Å²) in [7, 11) is 1.63. The zero-order valence-electron chi connectivity index (χ0n) is 12.0. The molecule has 0 aliphatic carbocycles. The highest BCUT2D eigenvalue weighted by atomic mass is 35.5. The number of carbonyl (C=O) groups excluding carboxylic acids is 1. The average molecular weight is 333 g/mol. The van der Waals surface area contributed by atoms with E-state index >= 15 is 0 Å². The van der Waals surface area contributed by atoms with E-state index in [1.807, 2.05) is 24.3 Å². The molecule has 2 aromatic carbocycles. The molecule has 0 unspecified atom stereocenters. The molecule has 3 rings (SSSR count). The molecular weight excluding hydrogens is 319 g/mol. The van der Waals surface area contributed by atoms with Crippen LogP contribution in [0.15, 0.2) is 41.4 Å². The van der Waals surface area contributed by atoms with Crippen molar-refractivity contribution in [3.63, 3.8) is 0 Å². The minimum Gasteiger partial charge on any atom is -0.355 e. The first kappa shape index (κ1) is 15.1. The number of benzene rings is 2. The van der Waals surface area contributed by atoms with Crippen LogP contribution >= 0.6 is 23.2 Å². The number of hydrogen-bond acceptors (Lipinski definition) is 2. The number of carbonyl (C=O) groups is 1. The van der Waals surface area contributed by atoms with Crippen molar-refractivity contribution >= 4 is 40.5 Å². The molecule has 0 saturated carbocycles. The molecule has 5 heteroatoms. The van der Waals surface area contributed by atoms with Crippen molar-refractivity contribution in [3.8, 4) is 0 Å². The summed E-state index contributed by atoms with van der Waals surface area (Å²) in [5, 5.41) is 3.70. The number of aliphatic imine (C=N–C) groups is 1. The van der Waals surface area contributed by atoms with Crippen molar-refractivity contribution in [2.45, 2.75) is 12.8 Å². The van der Waals surface area contributed by atoms with Crippen molar-refractivity contribution in [2.24, 2.45) is 4.99 Å². The van der Waals surface area contributed by atoms with Gasteiger partial charge in [0.25, 0.3) is 5.91 Å². The van der Waals surface area contributed by atoms with Gasteiger partial charge in [0.15, 0.2) is 0 Å². The third-order valence-corrected chi connectivity index (χ3v) is 4.34. The Hall–Kier alpha value is -1.84. The van der Waals surface area contributed by atoms with E-state index in [9.17, 15) is 4.79 Å². The predicted molar refractivity (Wildman–Crippen MR) is 90.8 cm³/mol. The predicted octanol–water partition coefficient (Wildman–Crippen LogP) is 4.22. The number of nitrogens with one attached hydrogen (secondary N) is 1. The highest BCUT2D eigenvalue weighted by molar-refractivity contribution is 6.42. The van der Waals surface area contributed by atoms with E-state index in [0.717, 1.165) is 28.9 Å². The van der Waals surface area contributed by atoms with Crippen LogP contribution in [0.1, 0.15) is 21.5 Å². The maximum atomic E-state index is 11.7. The van der Waals surface area contributed by atoms with Crippen LogP contribution in [0, 0.1) is 0 Å². The zero-order chi connectivity index (χ0) is 15.7. The summed E-state index contributed by atoms with van der Waals surface area (Å²) in [4.78, 5) is 16.3. The molecule has 0 spiro atoms. The van der Waals surface area contributed by atoms with Crippen molar-refractivity contribution in [2.75, 3.05) is 7.05 Å². The number of nitrogens with zero attached hydrogens (tertiary/aromatic N) is 1. The molecule has 3 nitrogen and oxygen atoms in total. The maximum Gasteiger partial charge on any atom is 0.251 e. The second kappa shape index (κ2) is 6.11. The monoisotopic (exact) mass is 332 g/mol. The molecule has 1 amide bonds. The molecule has 1 heterocycles. The minimum atomic E-state index is -0.0861. The van der Waals surface area contributed by atoms with Crippen LogP contribution in [0.3, 0.4) is 0 Å². The summed E-state index contributed by atoms with van der Waals surface area (Å²) in [5.41, 5.74) is 4.73. The van der Waals surface area contributed by atoms with Gasteiger partial charge in [0.05, 0.1) is 15.7 Å². The van der Waals surface area contributed by atoms with E-state index in [-0.39, 0.29) is 5.91 Å². The second-order valence-electron chi connectivity index (χ2n) is 5.21. The SMILES string of the molecule is CNC(=O)c1cccc(CC2=Nc3cc(Cl)c(Cl)cc3C2)c1. The van der Waals surface area contributed by atoms with Crippen molar-refractivity contribution in [1.82, 2.24) is 5.32 Å². The molecule has 112 valence electrons. The highest BCUT2D eigenvalue weighted by Gasteiger charge is 2.17. The number of hydrogen-bond donors (Lipinski definition) is 1. The second-order valence-corrected chi connectivity index (χ2v) is 6.02. The van der Waals surface area contributed by atoms with Gasteiger partial charge >= 0.3 is 0 Å². The summed E-state index contributed by atoms with van der Waals surface area (Å²) in [6.45, 7) is 0. The van der Waals surface area contributed by atoms with Crippen LogP contribution in [0.4, 0.5) is 5.69 Å². The fourth-order valence-electron chi connectivity index (χ4n) is 2.56. The fourth-order valence-corrected chi connectivity index (χ4v) is 2.90. The van der Waals surface area contributed by atoms with Crippen molar-refractivity contribution < 1.29 is 4.79 Å². The molecule has 0 fully saturated rings. The van der Waals surface area contributed by atoms with Gasteiger partial charge in [0.1, 0.15) is 0 Å². The first-order valence-electron chi connectivity index (χ1n) is 6.92. The van der Waals surface area contributed by atoms with Gasteiger partial charge in [-0.25, -0.2) is 0 Å². The minimum absolute atomic E-state index is 0.0861. The maximum absolute atomic E-state index is 11.7. The quantitative estimate of drug-likeness (QED) is 0.897. The van der Waals surface area contributed by atoms with Crippen molar-refractivity contribution in [1.29, 1.82) is 0 Å². The fraction of sp³-hybridized carbons (Fsp3) is 0.176. The zero-order valence-corrected chi connectivity index (χ0v) is 13.5. The lowest BCUT2D eigenvalue weighted by molar-refractivity contribution is 0.0963. The van der Waals surface area contributed by atoms with Gasteiger partial charge < -0.3 is 5.32 Å². The van der Waals surface area contributed by atoms with Gasteiger partial charge in [-0.05, 0) is 35.4 Å². The molecule has 0 radical (unpaired) electrons. The van der Waals surface area contributed by atoms with Gasteiger partial charge in [0, 0.05) is 31.2 Å². The Morgan fingerprint density at radius 1 is 1.23 bits per heavy atom. The van der Waals surface area contributed by atoms with Crippen LogP contribution in [0.5, 0.6) is 0 Å². The molecule has 1 aliphatic rings. The largest absolute Gasteiger partial charge is 0.355 e. The lowest BCUT2D eigenvalue weighted by Crippen LogP contribution is -2.18. The van der Waals surface area contributed by atoms with Crippen molar-refractivity contribution in [3.05, 3.63) is 63.1 Å². The van der Waals surface area contributed by atoms with Crippen LogP contribution in [-0.2, 0) is 12.8 Å². The van der Waals surface area contributed by atoms with E-state index in [1.165, 1.54) is 0 Å². The molecule has 0 saturated heterocycles. The number of rotatable bonds is 3. The molecule has 1 aliphatic heterocycles. The third-order valence-electron chi connectivity index (χ3n) is 3.62. The van der Waals surface area contributed by atoms with E-state index in [2.05, 4.69) is 10.3 Å². The molecular formula is C17H14Cl2N2O. The lowest BCUT2D eigenvalue weighted by Gasteiger charge is -2.04. The lowest BCUT2D eigenvalue weighted by atomic mass is 10.0. The summed E-state index contributed by atoms with van der Waals surface area (Å²) in [6, 6.07) is 11.2. The van der Waals surface area contributed by atoms with Gasteiger partial charge in [-0.1, -0.05) is 35.3 Å². The Balaban J connectivity index is 1.81. The average Bonchev–Trinajstić information content (AvgIpc) is 2.88. The van der Waals surface area contributed by atoms with Gasteiger partial charge in [-0.3, -0.25) is 9.79 Å².